The van der Waals surface area contributed by atoms with Crippen molar-refractivity contribution in [1.82, 2.24) is 10.3 Å². The third-order valence-corrected chi connectivity index (χ3v) is 4.17. The van der Waals surface area contributed by atoms with Crippen LogP contribution in [0.3, 0.4) is 0 Å². The number of nitrogens with one attached hydrogen (secondary N) is 2. The molecule has 3 nitrogen and oxygen atoms in total. The van der Waals surface area contributed by atoms with E-state index in [0.29, 0.717) is 5.92 Å². The lowest BCUT2D eigenvalue weighted by atomic mass is 10.1. The lowest BCUT2D eigenvalue weighted by Gasteiger charge is -2.11. The Morgan fingerprint density at radius 2 is 2.26 bits per heavy atom. The topological polar surface area (TPSA) is 44.9 Å². The molecule has 0 radical (unpaired) electrons. The van der Waals surface area contributed by atoms with Crippen molar-refractivity contribution in [2.75, 3.05) is 6.54 Å². The summed E-state index contributed by atoms with van der Waals surface area (Å²) in [6.45, 7) is 3.10. The van der Waals surface area contributed by atoms with Crippen LogP contribution in [0.4, 0.5) is 0 Å². The van der Waals surface area contributed by atoms with Crippen molar-refractivity contribution in [3.63, 3.8) is 0 Å². The van der Waals surface area contributed by atoms with Crippen LogP contribution in [0.2, 0.25) is 0 Å². The van der Waals surface area contributed by atoms with Gasteiger partial charge in [-0.2, -0.15) is 0 Å². The zero-order chi connectivity index (χ0) is 13.2. The normalized spacial score (nSPS) is 22.8. The van der Waals surface area contributed by atoms with Gasteiger partial charge in [0.15, 0.2) is 0 Å². The molecule has 0 bridgehead atoms. The molecule has 0 spiro atoms. The first-order valence-corrected chi connectivity index (χ1v) is 7.07. The molecule has 0 saturated heterocycles. The lowest BCUT2D eigenvalue weighted by Crippen LogP contribution is -2.28. The van der Waals surface area contributed by atoms with Gasteiger partial charge in [0.1, 0.15) is 0 Å². The minimum atomic E-state index is 0.0380. The SMILES string of the molecule is CC1CCC(CNC(=O)c2ccc3cc[nH]c3c2)C1. The summed E-state index contributed by atoms with van der Waals surface area (Å²) in [6, 6.07) is 7.81. The molecule has 1 aliphatic rings. The van der Waals surface area contributed by atoms with E-state index < -0.39 is 0 Å². The molecule has 19 heavy (non-hydrogen) atoms. The molecule has 3 heteroatoms. The van der Waals surface area contributed by atoms with E-state index in [-0.39, 0.29) is 5.91 Å². The van der Waals surface area contributed by atoms with E-state index in [2.05, 4.69) is 17.2 Å². The van der Waals surface area contributed by atoms with Gasteiger partial charge in [-0.3, -0.25) is 4.79 Å². The highest BCUT2D eigenvalue weighted by atomic mass is 16.1. The summed E-state index contributed by atoms with van der Waals surface area (Å²) in [6.07, 6.45) is 5.69. The van der Waals surface area contributed by atoms with Crippen LogP contribution in [0.15, 0.2) is 30.5 Å². The fourth-order valence-electron chi connectivity index (χ4n) is 3.04. The summed E-state index contributed by atoms with van der Waals surface area (Å²) in [5, 5.41) is 4.21. The molecule has 1 aliphatic carbocycles. The number of benzene rings is 1. The maximum Gasteiger partial charge on any atom is 0.251 e. The van der Waals surface area contributed by atoms with Crippen molar-refractivity contribution in [3.8, 4) is 0 Å². The van der Waals surface area contributed by atoms with Crippen LogP contribution in [0, 0.1) is 11.8 Å². The first-order valence-electron chi connectivity index (χ1n) is 7.07. The average Bonchev–Trinajstić information content (AvgIpc) is 3.03. The Kier molecular flexibility index (Phi) is 3.28. The van der Waals surface area contributed by atoms with Crippen molar-refractivity contribution in [2.24, 2.45) is 11.8 Å². The third-order valence-electron chi connectivity index (χ3n) is 4.17. The van der Waals surface area contributed by atoms with Crippen molar-refractivity contribution in [2.45, 2.75) is 26.2 Å². The van der Waals surface area contributed by atoms with Crippen molar-refractivity contribution < 1.29 is 4.79 Å². The third kappa shape index (κ3) is 2.65. The van der Waals surface area contributed by atoms with Gasteiger partial charge in [0.25, 0.3) is 5.91 Å². The van der Waals surface area contributed by atoms with Gasteiger partial charge >= 0.3 is 0 Å². The van der Waals surface area contributed by atoms with Gasteiger partial charge in [-0.25, -0.2) is 0 Å². The Morgan fingerprint density at radius 3 is 3.05 bits per heavy atom. The second kappa shape index (κ2) is 5.08. The van der Waals surface area contributed by atoms with Gasteiger partial charge in [-0.15, -0.1) is 0 Å². The molecule has 1 aromatic carbocycles. The fraction of sp³-hybridized carbons (Fsp3) is 0.438. The molecular formula is C16H20N2O. The van der Waals surface area contributed by atoms with E-state index in [9.17, 15) is 4.79 Å². The highest BCUT2D eigenvalue weighted by Gasteiger charge is 2.21. The molecule has 100 valence electrons. The van der Waals surface area contributed by atoms with Crippen LogP contribution in [0.25, 0.3) is 10.9 Å². The maximum atomic E-state index is 12.1. The summed E-state index contributed by atoms with van der Waals surface area (Å²) >= 11 is 0. The summed E-state index contributed by atoms with van der Waals surface area (Å²) < 4.78 is 0. The van der Waals surface area contributed by atoms with Gasteiger partial charge in [-0.05, 0) is 48.3 Å². The Hall–Kier alpha value is -1.77. The van der Waals surface area contributed by atoms with E-state index in [1.165, 1.54) is 19.3 Å². The number of fused-ring (bicyclic) bond motifs is 1. The van der Waals surface area contributed by atoms with Crippen LogP contribution in [-0.2, 0) is 0 Å². The number of rotatable bonds is 3. The number of carbonyl (C=O) groups is 1. The van der Waals surface area contributed by atoms with Gasteiger partial charge in [0.2, 0.25) is 0 Å². The Labute approximate surface area is 113 Å². The largest absolute Gasteiger partial charge is 0.361 e. The summed E-state index contributed by atoms with van der Waals surface area (Å²) in [5.74, 6) is 1.52. The second-order valence-electron chi connectivity index (χ2n) is 5.77. The number of aromatic amines is 1. The molecular weight excluding hydrogens is 236 g/mol. The zero-order valence-corrected chi connectivity index (χ0v) is 11.3. The molecule has 3 rings (SSSR count). The Balaban J connectivity index is 1.63. The van der Waals surface area contributed by atoms with Crippen molar-refractivity contribution in [3.05, 3.63) is 36.0 Å². The van der Waals surface area contributed by atoms with Gasteiger partial charge < -0.3 is 10.3 Å². The number of hydrogen-bond acceptors (Lipinski definition) is 1. The first kappa shape index (κ1) is 12.3. The molecule has 2 N–H and O–H groups in total. The van der Waals surface area contributed by atoms with Crippen molar-refractivity contribution in [1.29, 1.82) is 0 Å². The van der Waals surface area contributed by atoms with Crippen LogP contribution >= 0.6 is 0 Å². The number of amides is 1. The van der Waals surface area contributed by atoms with Crippen molar-refractivity contribution >= 4 is 16.8 Å². The summed E-state index contributed by atoms with van der Waals surface area (Å²) in [5.41, 5.74) is 1.75. The van der Waals surface area contributed by atoms with Gasteiger partial charge in [0, 0.05) is 23.8 Å². The van der Waals surface area contributed by atoms with E-state index in [1.807, 2.05) is 30.5 Å². The minimum Gasteiger partial charge on any atom is -0.361 e. The second-order valence-corrected chi connectivity index (χ2v) is 5.77. The van der Waals surface area contributed by atoms with Crippen LogP contribution in [-0.4, -0.2) is 17.4 Å². The smallest absolute Gasteiger partial charge is 0.251 e. The molecule has 1 aromatic heterocycles. The standard InChI is InChI=1S/C16H20N2O/c1-11-2-3-12(8-11)10-18-16(19)14-5-4-13-6-7-17-15(13)9-14/h4-7,9,11-12,17H,2-3,8,10H2,1H3,(H,18,19). The molecule has 1 amide bonds. The highest BCUT2D eigenvalue weighted by molar-refractivity contribution is 5.97. The quantitative estimate of drug-likeness (QED) is 0.869. The van der Waals surface area contributed by atoms with E-state index in [0.717, 1.165) is 28.9 Å². The lowest BCUT2D eigenvalue weighted by molar-refractivity contribution is 0.0947. The van der Waals surface area contributed by atoms with Crippen LogP contribution in [0.5, 0.6) is 0 Å². The molecule has 2 unspecified atom stereocenters. The monoisotopic (exact) mass is 256 g/mol. The number of H-pyrrole nitrogens is 1. The Morgan fingerprint density at radius 1 is 1.37 bits per heavy atom. The molecule has 1 fully saturated rings. The first-order chi connectivity index (χ1) is 9.22. The molecule has 2 aromatic rings. The predicted octanol–water partition coefficient (Wildman–Crippen LogP) is 3.33. The van der Waals surface area contributed by atoms with Gasteiger partial charge in [0.05, 0.1) is 0 Å². The van der Waals surface area contributed by atoms with Gasteiger partial charge in [-0.1, -0.05) is 19.4 Å². The van der Waals surface area contributed by atoms with Crippen LogP contribution < -0.4 is 5.32 Å². The summed E-state index contributed by atoms with van der Waals surface area (Å²) in [7, 11) is 0. The van der Waals surface area contributed by atoms with Crippen LogP contribution in [0.1, 0.15) is 36.5 Å². The van der Waals surface area contributed by atoms with E-state index in [4.69, 9.17) is 0 Å². The fourth-order valence-corrected chi connectivity index (χ4v) is 3.04. The molecule has 2 atom stereocenters. The number of carbonyl (C=O) groups excluding carboxylic acids is 1. The molecule has 1 heterocycles. The van der Waals surface area contributed by atoms with E-state index >= 15 is 0 Å². The number of aromatic nitrogens is 1. The molecule has 0 aliphatic heterocycles. The number of hydrogen-bond donors (Lipinski definition) is 2. The molecule has 1 saturated carbocycles. The zero-order valence-electron chi connectivity index (χ0n) is 11.3. The highest BCUT2D eigenvalue weighted by Crippen LogP contribution is 2.29. The Bertz CT molecular complexity index is 587. The van der Waals surface area contributed by atoms with E-state index in [1.54, 1.807) is 0 Å². The summed E-state index contributed by atoms with van der Waals surface area (Å²) in [4.78, 5) is 15.3. The minimum absolute atomic E-state index is 0.0380. The average molecular weight is 256 g/mol. The maximum absolute atomic E-state index is 12.1. The predicted molar refractivity (Wildman–Crippen MR) is 77.1 cm³/mol.